The molecule has 108 valence electrons. The second-order valence-corrected chi connectivity index (χ2v) is 6.41. The summed E-state index contributed by atoms with van der Waals surface area (Å²) in [7, 11) is 0. The molecule has 0 unspecified atom stereocenters. The Morgan fingerprint density at radius 3 is 2.60 bits per heavy atom. The van der Waals surface area contributed by atoms with Crippen LogP contribution in [0.4, 0.5) is 0 Å². The first kappa shape index (κ1) is 15.0. The van der Waals surface area contributed by atoms with Crippen molar-refractivity contribution in [3.05, 3.63) is 35.4 Å². The van der Waals surface area contributed by atoms with E-state index in [2.05, 4.69) is 13.0 Å². The summed E-state index contributed by atoms with van der Waals surface area (Å²) in [5, 5.41) is 0. The summed E-state index contributed by atoms with van der Waals surface area (Å²) in [6, 6.07) is 8.12. The largest absolute Gasteiger partial charge is 0.393 e. The molecule has 1 aromatic carbocycles. The molecule has 4 heteroatoms. The third-order valence-electron chi connectivity index (χ3n) is 4.25. The number of carbonyl (C=O) groups is 1. The van der Waals surface area contributed by atoms with Crippen LogP contribution in [0.3, 0.4) is 0 Å². The van der Waals surface area contributed by atoms with Crippen LogP contribution in [-0.4, -0.2) is 28.9 Å². The Bertz CT molecular complexity index is 519. The normalized spacial score (nSPS) is 17.8. The smallest absolute Gasteiger partial charge is 0.226 e. The molecule has 0 aliphatic carbocycles. The van der Waals surface area contributed by atoms with Gasteiger partial charge in [-0.2, -0.15) is 0 Å². The van der Waals surface area contributed by atoms with Crippen molar-refractivity contribution in [3.8, 4) is 0 Å². The van der Waals surface area contributed by atoms with Crippen molar-refractivity contribution in [2.75, 3.05) is 13.1 Å². The Morgan fingerprint density at radius 2 is 2.05 bits per heavy atom. The van der Waals surface area contributed by atoms with Gasteiger partial charge in [0, 0.05) is 18.5 Å². The maximum absolute atomic E-state index is 12.3. The van der Waals surface area contributed by atoms with Gasteiger partial charge < -0.3 is 10.6 Å². The van der Waals surface area contributed by atoms with Crippen molar-refractivity contribution in [2.24, 2.45) is 11.1 Å². The van der Waals surface area contributed by atoms with E-state index in [1.807, 2.05) is 30.0 Å². The molecule has 3 nitrogen and oxygen atoms in total. The fourth-order valence-corrected chi connectivity index (χ4v) is 2.81. The van der Waals surface area contributed by atoms with Crippen molar-refractivity contribution in [1.29, 1.82) is 0 Å². The van der Waals surface area contributed by atoms with Crippen LogP contribution in [0, 0.1) is 12.3 Å². The second kappa shape index (κ2) is 5.92. The molecular formula is C16H22N2OS. The number of nitrogens with two attached hydrogens (primary N) is 1. The molecule has 1 saturated heterocycles. The summed E-state index contributed by atoms with van der Waals surface area (Å²) in [6.45, 7) is 5.64. The van der Waals surface area contributed by atoms with Crippen molar-refractivity contribution < 1.29 is 4.79 Å². The van der Waals surface area contributed by atoms with Crippen molar-refractivity contribution in [2.45, 2.75) is 33.1 Å². The molecule has 1 heterocycles. The van der Waals surface area contributed by atoms with E-state index in [9.17, 15) is 4.79 Å². The lowest BCUT2D eigenvalue weighted by Crippen LogP contribution is -2.47. The molecule has 1 fully saturated rings. The third-order valence-corrected chi connectivity index (χ3v) is 4.75. The average Bonchev–Trinajstić information content (AvgIpc) is 2.39. The van der Waals surface area contributed by atoms with Crippen LogP contribution >= 0.6 is 12.2 Å². The molecule has 1 aliphatic heterocycles. The van der Waals surface area contributed by atoms with E-state index >= 15 is 0 Å². The maximum Gasteiger partial charge on any atom is 0.226 e. The standard InChI is InChI=1S/C16H22N2OS/c1-12-4-3-5-13(10-12)11-14(19)18-8-6-16(2,7-9-18)15(17)20/h3-5,10H,6-9,11H2,1-2H3,(H2,17,20). The van der Waals surface area contributed by atoms with E-state index in [0.717, 1.165) is 31.5 Å². The highest BCUT2D eigenvalue weighted by Gasteiger charge is 2.33. The molecule has 0 saturated carbocycles. The summed E-state index contributed by atoms with van der Waals surface area (Å²) in [4.78, 5) is 14.8. The maximum atomic E-state index is 12.3. The SMILES string of the molecule is Cc1cccc(CC(=O)N2CCC(C)(C(N)=S)CC2)c1. The minimum absolute atomic E-state index is 0.0878. The predicted octanol–water partition coefficient (Wildman–Crippen LogP) is 2.45. The van der Waals surface area contributed by atoms with Crippen LogP contribution < -0.4 is 5.73 Å². The van der Waals surface area contributed by atoms with Crippen LogP contribution in [0.2, 0.25) is 0 Å². The quantitative estimate of drug-likeness (QED) is 0.870. The summed E-state index contributed by atoms with van der Waals surface area (Å²) in [5.74, 6) is 0.195. The van der Waals surface area contributed by atoms with Crippen LogP contribution in [0.5, 0.6) is 0 Å². The number of hydrogen-bond acceptors (Lipinski definition) is 2. The molecular weight excluding hydrogens is 268 g/mol. The minimum atomic E-state index is -0.0878. The monoisotopic (exact) mass is 290 g/mol. The van der Waals surface area contributed by atoms with Crippen molar-refractivity contribution >= 4 is 23.1 Å². The zero-order chi connectivity index (χ0) is 14.8. The Morgan fingerprint density at radius 1 is 1.40 bits per heavy atom. The zero-order valence-corrected chi connectivity index (χ0v) is 13.0. The number of rotatable bonds is 3. The lowest BCUT2D eigenvalue weighted by molar-refractivity contribution is -0.132. The number of amides is 1. The molecule has 0 radical (unpaired) electrons. The summed E-state index contributed by atoms with van der Waals surface area (Å²) in [5.41, 5.74) is 7.97. The number of likely N-dealkylation sites (tertiary alicyclic amines) is 1. The van der Waals surface area contributed by atoms with Crippen LogP contribution in [0.1, 0.15) is 30.9 Å². The van der Waals surface area contributed by atoms with Crippen molar-refractivity contribution in [1.82, 2.24) is 4.90 Å². The molecule has 0 atom stereocenters. The van der Waals surface area contributed by atoms with Gasteiger partial charge in [-0.15, -0.1) is 0 Å². The number of nitrogens with zero attached hydrogens (tertiary/aromatic N) is 1. The summed E-state index contributed by atoms with van der Waals surface area (Å²) < 4.78 is 0. The fourth-order valence-electron chi connectivity index (χ4n) is 2.60. The van der Waals surface area contributed by atoms with Gasteiger partial charge in [0.1, 0.15) is 0 Å². The van der Waals surface area contributed by atoms with Gasteiger partial charge >= 0.3 is 0 Å². The van der Waals surface area contributed by atoms with Gasteiger partial charge in [-0.3, -0.25) is 4.79 Å². The first-order chi connectivity index (χ1) is 9.40. The first-order valence-corrected chi connectivity index (χ1v) is 7.45. The number of aryl methyl sites for hydroxylation is 1. The minimum Gasteiger partial charge on any atom is -0.393 e. The van der Waals surface area contributed by atoms with Gasteiger partial charge in [0.2, 0.25) is 5.91 Å². The zero-order valence-electron chi connectivity index (χ0n) is 12.2. The Hall–Kier alpha value is -1.42. The number of carbonyl (C=O) groups excluding carboxylic acids is 1. The van der Waals surface area contributed by atoms with E-state index in [1.165, 1.54) is 5.56 Å². The average molecular weight is 290 g/mol. The molecule has 1 aliphatic rings. The summed E-state index contributed by atoms with van der Waals surface area (Å²) in [6.07, 6.45) is 2.20. The van der Waals surface area contributed by atoms with Gasteiger partial charge in [0.15, 0.2) is 0 Å². The van der Waals surface area contributed by atoms with E-state index in [0.29, 0.717) is 11.4 Å². The highest BCUT2D eigenvalue weighted by Crippen LogP contribution is 2.31. The van der Waals surface area contributed by atoms with Gasteiger partial charge in [-0.25, -0.2) is 0 Å². The predicted molar refractivity (Wildman–Crippen MR) is 85.6 cm³/mol. The number of piperidine rings is 1. The Kier molecular flexibility index (Phi) is 4.43. The summed E-state index contributed by atoms with van der Waals surface area (Å²) >= 11 is 5.13. The number of benzene rings is 1. The Labute approximate surface area is 126 Å². The van der Waals surface area contributed by atoms with E-state index in [1.54, 1.807) is 0 Å². The van der Waals surface area contributed by atoms with Gasteiger partial charge in [-0.05, 0) is 25.3 Å². The van der Waals surface area contributed by atoms with Gasteiger partial charge in [0.25, 0.3) is 0 Å². The third kappa shape index (κ3) is 3.37. The topological polar surface area (TPSA) is 46.3 Å². The second-order valence-electron chi connectivity index (χ2n) is 5.97. The fraction of sp³-hybridized carbons (Fsp3) is 0.500. The van der Waals surface area contributed by atoms with Crippen LogP contribution in [0.15, 0.2) is 24.3 Å². The highest BCUT2D eigenvalue weighted by atomic mass is 32.1. The first-order valence-electron chi connectivity index (χ1n) is 7.04. The van der Waals surface area contributed by atoms with E-state index in [-0.39, 0.29) is 11.3 Å². The number of hydrogen-bond donors (Lipinski definition) is 1. The van der Waals surface area contributed by atoms with Crippen molar-refractivity contribution in [3.63, 3.8) is 0 Å². The van der Waals surface area contributed by atoms with Crippen LogP contribution in [0.25, 0.3) is 0 Å². The van der Waals surface area contributed by atoms with Gasteiger partial charge in [-0.1, -0.05) is 49.0 Å². The Balaban J connectivity index is 1.94. The molecule has 0 bridgehead atoms. The molecule has 0 spiro atoms. The van der Waals surface area contributed by atoms with E-state index in [4.69, 9.17) is 18.0 Å². The molecule has 20 heavy (non-hydrogen) atoms. The van der Waals surface area contributed by atoms with E-state index < -0.39 is 0 Å². The lowest BCUT2D eigenvalue weighted by Gasteiger charge is -2.38. The molecule has 1 aromatic rings. The van der Waals surface area contributed by atoms with Crippen LogP contribution in [-0.2, 0) is 11.2 Å². The number of thiocarbonyl (C=S) groups is 1. The molecule has 2 rings (SSSR count). The highest BCUT2D eigenvalue weighted by molar-refractivity contribution is 7.80. The molecule has 0 aromatic heterocycles. The lowest BCUT2D eigenvalue weighted by atomic mass is 9.80. The molecule has 1 amide bonds. The van der Waals surface area contributed by atoms with Gasteiger partial charge in [0.05, 0.1) is 11.4 Å². The molecule has 2 N–H and O–H groups in total.